The van der Waals surface area contributed by atoms with Gasteiger partial charge >= 0.3 is 37.7 Å². The summed E-state index contributed by atoms with van der Waals surface area (Å²) >= 11 is 0. The minimum atomic E-state index is -4.35. The van der Waals surface area contributed by atoms with Crippen LogP contribution in [0.4, 0.5) is 0 Å². The van der Waals surface area contributed by atoms with Crippen LogP contribution in [0.25, 0.3) is 0 Å². The van der Waals surface area contributed by atoms with Crippen molar-refractivity contribution in [2.45, 2.75) is 241 Å². The fraction of sp³-hybridized carbons (Fsp3) is 0.552. The number of phenols is 5. The summed E-state index contributed by atoms with van der Waals surface area (Å²) in [5, 5.41) is 53.5. The third kappa shape index (κ3) is 20.2. The van der Waals surface area contributed by atoms with Crippen LogP contribution in [-0.2, 0) is 69.6 Å². The van der Waals surface area contributed by atoms with Gasteiger partial charge in [-0.05, 0) is 173 Å². The van der Waals surface area contributed by atoms with Crippen LogP contribution in [0, 0.1) is 20.8 Å². The van der Waals surface area contributed by atoms with E-state index in [1.165, 1.54) is 16.7 Å². The molecule has 0 aliphatic rings. The van der Waals surface area contributed by atoms with Gasteiger partial charge in [0.2, 0.25) is 0 Å². The Balaban J connectivity index is 0.000000459. The maximum atomic E-state index is 11.0. The van der Waals surface area contributed by atoms with Crippen LogP contribution in [0.2, 0.25) is 0 Å². The second kappa shape index (κ2) is 25.8. The third-order valence-electron chi connectivity index (χ3n) is 14.7. The van der Waals surface area contributed by atoms with Crippen molar-refractivity contribution in [1.82, 2.24) is 0 Å². The van der Waals surface area contributed by atoms with E-state index in [9.17, 15) is 51.5 Å². The normalized spacial score (nSPS) is 13.4. The van der Waals surface area contributed by atoms with Crippen LogP contribution in [0.1, 0.15) is 254 Å². The Bertz CT molecular complexity index is 3020. The quantitative estimate of drug-likeness (QED) is 0.0691. The van der Waals surface area contributed by atoms with Gasteiger partial charge in [-0.1, -0.05) is 195 Å². The fourth-order valence-electron chi connectivity index (χ4n) is 10.4. The van der Waals surface area contributed by atoms with Crippen LogP contribution in [0.5, 0.6) is 28.7 Å². The SMILES string of the molecule is CC(C)(C)c1cc(CS(=O)(=O)[O-])cc(C(C)(C)C)c1O.CC(C)(C)c1cc(CS(=O)(=O)[O-])cc(C(C)(C)C)c1O.Cc1cc(O)c(C(C)(C)C)cc1C(C)CC(c1cc(C(C)(C)C)c(O)cc1C)c1cc(C(C)(C)C)c(O)cc1C.[Ca+2]. The Morgan fingerprint density at radius 1 is 0.370 bits per heavy atom. The van der Waals surface area contributed by atoms with E-state index < -0.39 is 31.7 Å². The van der Waals surface area contributed by atoms with Gasteiger partial charge in [0, 0.05) is 5.92 Å². The summed E-state index contributed by atoms with van der Waals surface area (Å²) in [7, 11) is -8.69. The van der Waals surface area contributed by atoms with Gasteiger partial charge in [-0.3, -0.25) is 0 Å². The molecule has 0 spiro atoms. The molecular weight excluding hydrogens is 1080 g/mol. The molecule has 1 atom stereocenters. The van der Waals surface area contributed by atoms with Crippen LogP contribution >= 0.6 is 0 Å². The van der Waals surface area contributed by atoms with E-state index in [0.717, 1.165) is 39.8 Å². The summed E-state index contributed by atoms with van der Waals surface area (Å²) in [5.41, 5.74) is 11.2. The molecule has 5 N–H and O–H groups in total. The van der Waals surface area contributed by atoms with Gasteiger partial charge < -0.3 is 34.6 Å². The monoisotopic (exact) mass is 1180 g/mol. The van der Waals surface area contributed by atoms with E-state index in [1.54, 1.807) is 24.3 Å². The molecule has 446 valence electrons. The van der Waals surface area contributed by atoms with Crippen molar-refractivity contribution in [3.8, 4) is 28.7 Å². The van der Waals surface area contributed by atoms with Gasteiger partial charge in [-0.25, -0.2) is 16.8 Å². The Hall–Kier alpha value is -3.82. The minimum Gasteiger partial charge on any atom is -0.748 e. The first kappa shape index (κ1) is 73.3. The summed E-state index contributed by atoms with van der Waals surface area (Å²) in [4.78, 5) is 0. The first-order valence-corrected chi connectivity index (χ1v) is 30.8. The number of hydrogen-bond acceptors (Lipinski definition) is 11. The maximum Gasteiger partial charge on any atom is 2.00 e. The average molecular weight is 1180 g/mol. The van der Waals surface area contributed by atoms with Crippen molar-refractivity contribution in [1.29, 1.82) is 0 Å². The van der Waals surface area contributed by atoms with Gasteiger partial charge in [-0.15, -0.1) is 0 Å². The molecule has 5 aromatic rings. The van der Waals surface area contributed by atoms with Crippen molar-refractivity contribution in [3.05, 3.63) is 144 Å². The topological polar surface area (TPSA) is 216 Å². The molecule has 81 heavy (non-hydrogen) atoms. The van der Waals surface area contributed by atoms with E-state index in [4.69, 9.17) is 0 Å². The van der Waals surface area contributed by atoms with E-state index >= 15 is 0 Å². The molecule has 0 aliphatic carbocycles. The van der Waals surface area contributed by atoms with E-state index in [1.807, 2.05) is 101 Å². The molecule has 0 saturated carbocycles. The smallest absolute Gasteiger partial charge is 0.748 e. The fourth-order valence-corrected chi connectivity index (χ4v) is 11.5. The molecular formula is C67H98CaO11S2. The number of benzene rings is 5. The van der Waals surface area contributed by atoms with Gasteiger partial charge in [0.05, 0.1) is 31.7 Å². The van der Waals surface area contributed by atoms with Crippen LogP contribution in [0.15, 0.2) is 60.7 Å². The second-order valence-corrected chi connectivity index (χ2v) is 32.4. The summed E-state index contributed by atoms with van der Waals surface area (Å²) < 4.78 is 65.9. The van der Waals surface area contributed by atoms with Crippen molar-refractivity contribution >= 4 is 58.0 Å². The average Bonchev–Trinajstić information content (AvgIpc) is 3.20. The van der Waals surface area contributed by atoms with Crippen molar-refractivity contribution in [2.24, 2.45) is 0 Å². The second-order valence-electron chi connectivity index (χ2n) is 29.6. The molecule has 0 radical (unpaired) electrons. The van der Waals surface area contributed by atoms with Crippen LogP contribution in [-0.4, -0.2) is 89.2 Å². The third-order valence-corrected chi connectivity index (χ3v) is 16.1. The van der Waals surface area contributed by atoms with Crippen LogP contribution in [0.3, 0.4) is 0 Å². The number of aromatic hydroxyl groups is 5. The Kier molecular flexibility index (Phi) is 23.3. The number of rotatable bonds is 9. The largest absolute Gasteiger partial charge is 2.00 e. The van der Waals surface area contributed by atoms with Crippen molar-refractivity contribution in [2.75, 3.05) is 0 Å². The molecule has 11 nitrogen and oxygen atoms in total. The standard InChI is InChI=1S/C37H52O3.2C15H24O4S.Ca/c1-21(25-18-29(35(5,6)7)32(38)15-22(25)2)14-28(26-19-30(36(8,9)10)33(39)16-23(26)3)27-20-31(37(11,12)13)34(40)17-24(27)4;2*1-14(2,3)11-7-10(9-20(17,18)19)8-12(13(11)16)15(4,5)6;/h15-21,28,38-40H,14H2,1-13H3;2*7-8,16H,9H2,1-6H3,(H,17,18,19);/q;;;+2/p-2. The van der Waals surface area contributed by atoms with Crippen molar-refractivity contribution in [3.63, 3.8) is 0 Å². The zero-order chi connectivity index (χ0) is 62.4. The molecule has 0 aromatic heterocycles. The predicted octanol–water partition coefficient (Wildman–Crippen LogP) is 15.6. The molecule has 0 saturated heterocycles. The van der Waals surface area contributed by atoms with Gasteiger partial charge in [0.15, 0.2) is 0 Å². The Morgan fingerprint density at radius 2 is 0.580 bits per heavy atom. The first-order valence-electron chi connectivity index (χ1n) is 27.7. The number of hydrogen-bond donors (Lipinski definition) is 5. The van der Waals surface area contributed by atoms with Gasteiger partial charge in [-0.2, -0.15) is 0 Å². The molecule has 0 heterocycles. The molecule has 0 aliphatic heterocycles. The summed E-state index contributed by atoms with van der Waals surface area (Å²) in [6.45, 7) is 51.0. The van der Waals surface area contributed by atoms with E-state index in [2.05, 4.69) is 108 Å². The first-order chi connectivity index (χ1) is 35.6. The summed E-state index contributed by atoms with van der Waals surface area (Å²) in [6.07, 6.45) is 0.847. The molecule has 0 bridgehead atoms. The number of aryl methyl sites for hydroxylation is 3. The summed E-state index contributed by atoms with van der Waals surface area (Å²) in [5.74, 6) is 0.512. The van der Waals surface area contributed by atoms with Gasteiger partial charge in [0.25, 0.3) is 0 Å². The minimum absolute atomic E-state index is 0. The zero-order valence-corrected chi connectivity index (χ0v) is 57.6. The van der Waals surface area contributed by atoms with E-state index in [0.29, 0.717) is 50.6 Å². The van der Waals surface area contributed by atoms with Crippen LogP contribution < -0.4 is 0 Å². The summed E-state index contributed by atoms with van der Waals surface area (Å²) in [6, 6.07) is 18.8. The molecule has 0 fully saturated rings. The molecule has 0 amide bonds. The van der Waals surface area contributed by atoms with Crippen molar-refractivity contribution < 1.29 is 51.5 Å². The Morgan fingerprint density at radius 3 is 0.790 bits per heavy atom. The zero-order valence-electron chi connectivity index (χ0n) is 53.8. The molecule has 5 rings (SSSR count). The predicted molar refractivity (Wildman–Crippen MR) is 333 cm³/mol. The van der Waals surface area contributed by atoms with E-state index in [-0.39, 0.29) is 99.0 Å². The Labute approximate surface area is 519 Å². The molecule has 14 heteroatoms. The van der Waals surface area contributed by atoms with Gasteiger partial charge in [0.1, 0.15) is 28.7 Å². The molecule has 5 aromatic carbocycles. The maximum absolute atomic E-state index is 11.0. The number of phenolic OH excluding ortho intramolecular Hbond substituents is 5. The molecule has 1 unspecified atom stereocenters.